The number of benzene rings is 2. The van der Waals surface area contributed by atoms with Gasteiger partial charge in [-0.15, -0.1) is 0 Å². The minimum absolute atomic E-state index is 0.0426. The summed E-state index contributed by atoms with van der Waals surface area (Å²) in [5.41, 5.74) is 3.47. The number of carbonyl (C=O) groups excluding carboxylic acids is 1. The van der Waals surface area contributed by atoms with E-state index in [2.05, 4.69) is 30.0 Å². The Balaban J connectivity index is 1.19. The number of nitrogens with zero attached hydrogens (tertiary/aromatic N) is 2. The van der Waals surface area contributed by atoms with Gasteiger partial charge in [0.25, 0.3) is 5.91 Å². The quantitative estimate of drug-likeness (QED) is 0.569. The van der Waals surface area contributed by atoms with Gasteiger partial charge in [-0.3, -0.25) is 9.69 Å². The van der Waals surface area contributed by atoms with Crippen LogP contribution < -0.4 is 14.4 Å². The van der Waals surface area contributed by atoms with Crippen molar-refractivity contribution >= 4 is 11.6 Å². The van der Waals surface area contributed by atoms with Crippen LogP contribution in [0.4, 0.5) is 5.69 Å². The maximum atomic E-state index is 13.1. The third kappa shape index (κ3) is 4.78. The van der Waals surface area contributed by atoms with Gasteiger partial charge in [0.1, 0.15) is 18.1 Å². The number of rotatable bonds is 9. The summed E-state index contributed by atoms with van der Waals surface area (Å²) in [6.45, 7) is 6.89. The monoisotopic (exact) mass is 434 g/mol. The Labute approximate surface area is 191 Å². The molecule has 170 valence electrons. The van der Waals surface area contributed by atoms with Crippen molar-refractivity contribution in [2.75, 3.05) is 37.7 Å². The normalized spacial score (nSPS) is 21.3. The number of ether oxygens (including phenoxy) is 2. The molecule has 0 aromatic heterocycles. The van der Waals surface area contributed by atoms with E-state index >= 15 is 0 Å². The Morgan fingerprint density at radius 3 is 2.47 bits per heavy atom. The molecular weight excluding hydrogens is 400 g/mol. The van der Waals surface area contributed by atoms with Crippen molar-refractivity contribution in [2.45, 2.75) is 57.5 Å². The summed E-state index contributed by atoms with van der Waals surface area (Å²) in [4.78, 5) is 17.4. The molecule has 2 saturated heterocycles. The molecule has 2 aromatic rings. The molecule has 2 heterocycles. The number of amides is 1. The van der Waals surface area contributed by atoms with Crippen molar-refractivity contribution in [3.8, 4) is 11.5 Å². The fourth-order valence-corrected chi connectivity index (χ4v) is 4.86. The van der Waals surface area contributed by atoms with Crippen LogP contribution >= 0.6 is 0 Å². The van der Waals surface area contributed by atoms with Gasteiger partial charge in [-0.2, -0.15) is 0 Å². The maximum absolute atomic E-state index is 13.1. The number of hydrogen-bond donors (Lipinski definition) is 0. The summed E-state index contributed by atoms with van der Waals surface area (Å²) < 4.78 is 12.2. The lowest BCUT2D eigenvalue weighted by atomic mass is 10.1. The highest BCUT2D eigenvalue weighted by atomic mass is 16.5. The lowest BCUT2D eigenvalue weighted by molar-refractivity contribution is -0.122. The highest BCUT2D eigenvalue weighted by Crippen LogP contribution is 2.40. The molecule has 0 radical (unpaired) electrons. The molecule has 1 aliphatic carbocycles. The second-order valence-electron chi connectivity index (χ2n) is 9.27. The van der Waals surface area contributed by atoms with Crippen LogP contribution in [0.2, 0.25) is 0 Å². The summed E-state index contributed by atoms with van der Waals surface area (Å²) in [7, 11) is 0. The topological polar surface area (TPSA) is 42.0 Å². The first-order valence-electron chi connectivity index (χ1n) is 12.3. The average Bonchev–Trinajstić information content (AvgIpc) is 3.43. The zero-order valence-electron chi connectivity index (χ0n) is 19.1. The number of anilines is 1. The largest absolute Gasteiger partial charge is 0.492 e. The van der Waals surface area contributed by atoms with E-state index in [1.165, 1.54) is 44.3 Å². The molecule has 1 atom stereocenters. The van der Waals surface area contributed by atoms with Crippen molar-refractivity contribution in [2.24, 2.45) is 0 Å². The predicted molar refractivity (Wildman–Crippen MR) is 127 cm³/mol. The number of likely N-dealkylation sites (tertiary alicyclic amines) is 1. The van der Waals surface area contributed by atoms with Gasteiger partial charge in [-0.25, -0.2) is 0 Å². The summed E-state index contributed by atoms with van der Waals surface area (Å²) in [6.07, 6.45) is 6.35. The first-order valence-corrected chi connectivity index (χ1v) is 12.3. The van der Waals surface area contributed by atoms with Gasteiger partial charge < -0.3 is 14.4 Å². The summed E-state index contributed by atoms with van der Waals surface area (Å²) >= 11 is 0. The van der Waals surface area contributed by atoms with Crippen molar-refractivity contribution < 1.29 is 14.3 Å². The Morgan fingerprint density at radius 1 is 0.969 bits per heavy atom. The molecule has 32 heavy (non-hydrogen) atoms. The van der Waals surface area contributed by atoms with E-state index in [1.54, 1.807) is 0 Å². The SMILES string of the molecule is CCc1cc(N2CCC(Oc3ccc(C4CC4)cc3)C2=O)ccc1OCCN1CCCC1. The maximum Gasteiger partial charge on any atom is 0.268 e. The van der Waals surface area contributed by atoms with E-state index < -0.39 is 6.10 Å². The first kappa shape index (κ1) is 21.3. The Hall–Kier alpha value is -2.53. The number of carbonyl (C=O) groups is 1. The number of hydrogen-bond acceptors (Lipinski definition) is 4. The second kappa shape index (κ2) is 9.53. The summed E-state index contributed by atoms with van der Waals surface area (Å²) in [5, 5.41) is 0. The zero-order chi connectivity index (χ0) is 21.9. The van der Waals surface area contributed by atoms with Gasteiger partial charge in [-0.1, -0.05) is 19.1 Å². The summed E-state index contributed by atoms with van der Waals surface area (Å²) in [5.74, 6) is 2.49. The van der Waals surface area contributed by atoms with Gasteiger partial charge in [0, 0.05) is 25.2 Å². The van der Waals surface area contributed by atoms with E-state index in [0.29, 0.717) is 19.6 Å². The molecule has 0 bridgehead atoms. The zero-order valence-corrected chi connectivity index (χ0v) is 19.1. The fourth-order valence-electron chi connectivity index (χ4n) is 4.86. The van der Waals surface area contributed by atoms with Crippen molar-refractivity contribution in [1.29, 1.82) is 0 Å². The molecule has 2 aliphatic heterocycles. The van der Waals surface area contributed by atoms with Crippen LogP contribution in [-0.2, 0) is 11.2 Å². The molecule has 1 saturated carbocycles. The minimum atomic E-state index is -0.414. The minimum Gasteiger partial charge on any atom is -0.492 e. The number of aryl methyl sites for hydroxylation is 1. The molecule has 5 rings (SSSR count). The van der Waals surface area contributed by atoms with E-state index in [0.717, 1.165) is 41.6 Å². The summed E-state index contributed by atoms with van der Waals surface area (Å²) in [6, 6.07) is 14.4. The van der Waals surface area contributed by atoms with Gasteiger partial charge in [0.2, 0.25) is 0 Å². The molecule has 0 spiro atoms. The molecule has 5 heteroatoms. The van der Waals surface area contributed by atoms with Crippen LogP contribution in [0.3, 0.4) is 0 Å². The fraction of sp³-hybridized carbons (Fsp3) is 0.519. The highest BCUT2D eigenvalue weighted by molar-refractivity contribution is 5.99. The van der Waals surface area contributed by atoms with Crippen molar-refractivity contribution in [3.63, 3.8) is 0 Å². The van der Waals surface area contributed by atoms with Crippen LogP contribution in [0, 0.1) is 0 Å². The third-order valence-electron chi connectivity index (χ3n) is 6.96. The van der Waals surface area contributed by atoms with Crippen LogP contribution in [0.1, 0.15) is 56.1 Å². The molecule has 2 aromatic carbocycles. The van der Waals surface area contributed by atoms with Gasteiger partial charge in [-0.05, 0) is 92.6 Å². The molecule has 0 N–H and O–H groups in total. The second-order valence-corrected chi connectivity index (χ2v) is 9.27. The molecule has 5 nitrogen and oxygen atoms in total. The Morgan fingerprint density at radius 2 is 1.75 bits per heavy atom. The smallest absolute Gasteiger partial charge is 0.268 e. The molecule has 3 aliphatic rings. The van der Waals surface area contributed by atoms with Crippen molar-refractivity contribution in [3.05, 3.63) is 53.6 Å². The van der Waals surface area contributed by atoms with Crippen LogP contribution in [-0.4, -0.2) is 49.7 Å². The Bertz CT molecular complexity index is 932. The predicted octanol–water partition coefficient (Wildman–Crippen LogP) is 4.79. The molecule has 3 fully saturated rings. The highest BCUT2D eigenvalue weighted by Gasteiger charge is 2.34. The van der Waals surface area contributed by atoms with E-state index in [4.69, 9.17) is 9.47 Å². The van der Waals surface area contributed by atoms with E-state index in [9.17, 15) is 4.79 Å². The van der Waals surface area contributed by atoms with Crippen molar-refractivity contribution in [1.82, 2.24) is 4.90 Å². The van der Waals surface area contributed by atoms with E-state index in [1.807, 2.05) is 29.2 Å². The lowest BCUT2D eigenvalue weighted by Crippen LogP contribution is -2.32. The first-order chi connectivity index (χ1) is 15.7. The van der Waals surface area contributed by atoms with Gasteiger partial charge in [0.15, 0.2) is 6.10 Å². The van der Waals surface area contributed by atoms with Crippen LogP contribution in [0.15, 0.2) is 42.5 Å². The molecule has 1 amide bonds. The van der Waals surface area contributed by atoms with Crippen LogP contribution in [0.5, 0.6) is 11.5 Å². The molecule has 1 unspecified atom stereocenters. The standard InChI is InChI=1S/C27H34N2O3/c1-2-20-19-23(9-12-25(20)31-18-17-28-14-3-4-15-28)29-16-13-26(27(29)30)32-24-10-7-22(8-11-24)21-5-6-21/h7-12,19,21,26H,2-6,13-18H2,1H3. The van der Waals surface area contributed by atoms with Gasteiger partial charge in [0.05, 0.1) is 0 Å². The Kier molecular flexibility index (Phi) is 6.35. The van der Waals surface area contributed by atoms with Crippen LogP contribution in [0.25, 0.3) is 0 Å². The van der Waals surface area contributed by atoms with Gasteiger partial charge >= 0.3 is 0 Å². The molecular formula is C27H34N2O3. The third-order valence-corrected chi connectivity index (χ3v) is 6.96. The lowest BCUT2D eigenvalue weighted by Gasteiger charge is -2.20. The average molecular weight is 435 g/mol. The van der Waals surface area contributed by atoms with E-state index in [-0.39, 0.29) is 5.91 Å².